The van der Waals surface area contributed by atoms with Crippen LogP contribution in [0.15, 0.2) is 40.9 Å². The summed E-state index contributed by atoms with van der Waals surface area (Å²) in [6.45, 7) is 1.66. The quantitative estimate of drug-likeness (QED) is 0.637. The van der Waals surface area contributed by atoms with Crippen molar-refractivity contribution < 1.29 is 13.6 Å². The van der Waals surface area contributed by atoms with Gasteiger partial charge in [-0.2, -0.15) is 0 Å². The lowest BCUT2D eigenvalue weighted by Gasteiger charge is -2.10. The highest BCUT2D eigenvalue weighted by Crippen LogP contribution is 2.23. The predicted octanol–water partition coefficient (Wildman–Crippen LogP) is 3.85. The summed E-state index contributed by atoms with van der Waals surface area (Å²) in [5.41, 5.74) is -0.0628. The minimum atomic E-state index is -0.818. The third-order valence-electron chi connectivity index (χ3n) is 3.27. The van der Waals surface area contributed by atoms with E-state index in [0.717, 1.165) is 28.8 Å². The molecule has 1 aromatic carbocycles. The highest BCUT2D eigenvalue weighted by Gasteiger charge is 2.18. The fourth-order valence-electron chi connectivity index (χ4n) is 2.02. The third-order valence-corrected chi connectivity index (χ3v) is 5.11. The Kier molecular flexibility index (Phi) is 5.44. The molecule has 2 N–H and O–H groups in total. The monoisotopic (exact) mass is 380 g/mol. The molecule has 5 nitrogen and oxygen atoms in total. The summed E-state index contributed by atoms with van der Waals surface area (Å²) in [6, 6.07) is 6.97. The summed E-state index contributed by atoms with van der Waals surface area (Å²) in [5.74, 6) is -1.22. The number of nitrogens with one attached hydrogen (secondary N) is 2. The average molecular weight is 380 g/mol. The largest absolute Gasteiger partial charge is 0.323 e. The van der Waals surface area contributed by atoms with Gasteiger partial charge in [-0.3, -0.25) is 9.89 Å². The predicted molar refractivity (Wildman–Crippen MR) is 93.8 cm³/mol. The van der Waals surface area contributed by atoms with Crippen LogP contribution in [-0.4, -0.2) is 26.3 Å². The molecule has 1 unspecified atom stereocenters. The number of thiophene rings is 1. The number of thioether (sulfide) groups is 1. The summed E-state index contributed by atoms with van der Waals surface area (Å²) < 4.78 is 26.5. The molecule has 0 aliphatic rings. The van der Waals surface area contributed by atoms with Crippen molar-refractivity contribution in [1.82, 2.24) is 15.2 Å². The molecule has 130 valence electrons. The molecule has 2 heterocycles. The first-order valence-electron chi connectivity index (χ1n) is 7.37. The van der Waals surface area contributed by atoms with Gasteiger partial charge in [0.15, 0.2) is 0 Å². The van der Waals surface area contributed by atoms with Crippen molar-refractivity contribution in [3.63, 3.8) is 0 Å². The van der Waals surface area contributed by atoms with Gasteiger partial charge in [-0.1, -0.05) is 17.8 Å². The van der Waals surface area contributed by atoms with E-state index in [4.69, 9.17) is 0 Å². The molecule has 0 aliphatic heterocycles. The smallest absolute Gasteiger partial charge is 0.237 e. The molecule has 0 radical (unpaired) electrons. The molecule has 0 fully saturated rings. The van der Waals surface area contributed by atoms with Crippen molar-refractivity contribution >= 4 is 34.7 Å². The maximum absolute atomic E-state index is 13.6. The Morgan fingerprint density at radius 1 is 1.40 bits per heavy atom. The Labute approximate surface area is 150 Å². The Bertz CT molecular complexity index is 867. The third kappa shape index (κ3) is 4.64. The molecule has 2 aromatic heterocycles. The van der Waals surface area contributed by atoms with Gasteiger partial charge >= 0.3 is 0 Å². The first kappa shape index (κ1) is 17.6. The van der Waals surface area contributed by atoms with Crippen LogP contribution in [0.2, 0.25) is 0 Å². The number of aromatic nitrogens is 3. The van der Waals surface area contributed by atoms with Gasteiger partial charge < -0.3 is 5.32 Å². The molecule has 0 aliphatic carbocycles. The Balaban J connectivity index is 1.58. The summed E-state index contributed by atoms with van der Waals surface area (Å²) in [7, 11) is 0. The van der Waals surface area contributed by atoms with Crippen LogP contribution in [0.5, 0.6) is 0 Å². The molecule has 1 amide bonds. The van der Waals surface area contributed by atoms with Gasteiger partial charge in [-0.05, 0) is 30.5 Å². The zero-order chi connectivity index (χ0) is 17.8. The SMILES string of the molecule is CC(Sc1n[nH]c(Cc2cccs2)n1)C(=O)Nc1ccc(F)cc1F. The summed E-state index contributed by atoms with van der Waals surface area (Å²) in [5, 5.41) is 11.2. The lowest BCUT2D eigenvalue weighted by atomic mass is 10.3. The summed E-state index contributed by atoms with van der Waals surface area (Å²) >= 11 is 2.78. The minimum absolute atomic E-state index is 0.0628. The van der Waals surface area contributed by atoms with Crippen LogP contribution in [0.4, 0.5) is 14.5 Å². The molecule has 0 bridgehead atoms. The summed E-state index contributed by atoms with van der Waals surface area (Å²) in [6.07, 6.45) is 0.645. The molecule has 0 saturated heterocycles. The number of hydrogen-bond donors (Lipinski definition) is 2. The second kappa shape index (κ2) is 7.75. The van der Waals surface area contributed by atoms with E-state index in [1.807, 2.05) is 17.5 Å². The van der Waals surface area contributed by atoms with Crippen LogP contribution in [0.3, 0.4) is 0 Å². The van der Waals surface area contributed by atoms with E-state index in [9.17, 15) is 13.6 Å². The second-order valence-corrected chi connectivity index (χ2v) is 7.53. The van der Waals surface area contributed by atoms with Crippen molar-refractivity contribution in [3.8, 4) is 0 Å². The van der Waals surface area contributed by atoms with Gasteiger partial charge in [0.1, 0.15) is 17.5 Å². The lowest BCUT2D eigenvalue weighted by Crippen LogP contribution is -2.23. The van der Waals surface area contributed by atoms with Crippen LogP contribution < -0.4 is 5.32 Å². The van der Waals surface area contributed by atoms with E-state index < -0.39 is 22.8 Å². The van der Waals surface area contributed by atoms with Crippen molar-refractivity contribution in [1.29, 1.82) is 0 Å². The zero-order valence-corrected chi connectivity index (χ0v) is 14.8. The zero-order valence-electron chi connectivity index (χ0n) is 13.1. The van der Waals surface area contributed by atoms with E-state index in [1.54, 1.807) is 18.3 Å². The van der Waals surface area contributed by atoms with E-state index in [1.165, 1.54) is 6.07 Å². The van der Waals surface area contributed by atoms with E-state index in [0.29, 0.717) is 17.4 Å². The maximum atomic E-state index is 13.6. The second-order valence-electron chi connectivity index (χ2n) is 5.19. The minimum Gasteiger partial charge on any atom is -0.323 e. The van der Waals surface area contributed by atoms with Crippen molar-refractivity contribution in [2.45, 2.75) is 23.8 Å². The Morgan fingerprint density at radius 3 is 2.96 bits per heavy atom. The number of halogens is 2. The number of amides is 1. The topological polar surface area (TPSA) is 70.7 Å². The molecule has 3 rings (SSSR count). The number of hydrogen-bond acceptors (Lipinski definition) is 5. The van der Waals surface area contributed by atoms with Gasteiger partial charge in [-0.25, -0.2) is 13.8 Å². The molecule has 0 spiro atoms. The van der Waals surface area contributed by atoms with Crippen LogP contribution >= 0.6 is 23.1 Å². The molecule has 9 heteroatoms. The van der Waals surface area contributed by atoms with E-state index in [-0.39, 0.29) is 5.69 Å². The Morgan fingerprint density at radius 2 is 2.24 bits per heavy atom. The maximum Gasteiger partial charge on any atom is 0.237 e. The fraction of sp³-hybridized carbons (Fsp3) is 0.188. The molecule has 0 saturated carbocycles. The van der Waals surface area contributed by atoms with Crippen LogP contribution in [0.25, 0.3) is 0 Å². The number of carbonyl (C=O) groups excluding carboxylic acids is 1. The van der Waals surface area contributed by atoms with Gasteiger partial charge in [0.05, 0.1) is 10.9 Å². The fourth-order valence-corrected chi connectivity index (χ4v) is 3.48. The van der Waals surface area contributed by atoms with Crippen LogP contribution in [0.1, 0.15) is 17.6 Å². The number of benzene rings is 1. The van der Waals surface area contributed by atoms with Gasteiger partial charge in [-0.15, -0.1) is 16.4 Å². The highest BCUT2D eigenvalue weighted by atomic mass is 32.2. The number of nitrogens with zero attached hydrogens (tertiary/aromatic N) is 2. The molecule has 1 atom stereocenters. The first-order valence-corrected chi connectivity index (χ1v) is 9.13. The van der Waals surface area contributed by atoms with Crippen LogP contribution in [0, 0.1) is 11.6 Å². The molecular weight excluding hydrogens is 366 g/mol. The van der Waals surface area contributed by atoms with Gasteiger partial charge in [0.2, 0.25) is 11.1 Å². The van der Waals surface area contributed by atoms with Gasteiger partial charge in [0, 0.05) is 17.4 Å². The highest BCUT2D eigenvalue weighted by molar-refractivity contribution is 8.00. The van der Waals surface area contributed by atoms with E-state index >= 15 is 0 Å². The van der Waals surface area contributed by atoms with Crippen molar-refractivity contribution in [3.05, 3.63) is 58.0 Å². The van der Waals surface area contributed by atoms with E-state index in [2.05, 4.69) is 20.5 Å². The first-order chi connectivity index (χ1) is 12.0. The standard InChI is InChI=1S/C16H14F2N4OS2/c1-9(15(23)19-13-5-4-10(17)7-12(13)18)25-16-20-14(21-22-16)8-11-3-2-6-24-11/h2-7,9H,8H2,1H3,(H,19,23)(H,20,21,22). The van der Waals surface area contributed by atoms with Gasteiger partial charge in [0.25, 0.3) is 0 Å². The number of anilines is 1. The van der Waals surface area contributed by atoms with Crippen molar-refractivity contribution in [2.24, 2.45) is 0 Å². The molecule has 25 heavy (non-hydrogen) atoms. The number of aromatic amines is 1. The number of rotatable bonds is 6. The van der Waals surface area contributed by atoms with Crippen molar-refractivity contribution in [2.75, 3.05) is 5.32 Å². The lowest BCUT2D eigenvalue weighted by molar-refractivity contribution is -0.115. The average Bonchev–Trinajstić information content (AvgIpc) is 3.22. The summed E-state index contributed by atoms with van der Waals surface area (Å²) in [4.78, 5) is 17.7. The molecule has 3 aromatic rings. The van der Waals surface area contributed by atoms with Crippen LogP contribution in [-0.2, 0) is 11.2 Å². The normalized spacial score (nSPS) is 12.1. The number of carbonyl (C=O) groups is 1. The number of H-pyrrole nitrogens is 1. The Hall–Kier alpha value is -2.26. The molecular formula is C16H14F2N4OS2.